The first kappa shape index (κ1) is 23.6. The number of ether oxygens (including phenoxy) is 1. The van der Waals surface area contributed by atoms with Gasteiger partial charge in [0.05, 0.1) is 11.9 Å². The van der Waals surface area contributed by atoms with Gasteiger partial charge in [-0.15, -0.1) is 0 Å². The van der Waals surface area contributed by atoms with E-state index in [4.69, 9.17) is 16.3 Å². The van der Waals surface area contributed by atoms with Crippen molar-refractivity contribution >= 4 is 27.5 Å². The molecule has 1 saturated heterocycles. The van der Waals surface area contributed by atoms with Gasteiger partial charge in [-0.1, -0.05) is 35.9 Å². The quantitative estimate of drug-likeness (QED) is 0.641. The molecule has 0 aliphatic carbocycles. The molecule has 2 aromatic carbocycles. The highest BCUT2D eigenvalue weighted by atomic mass is 35.5. The van der Waals surface area contributed by atoms with Crippen molar-refractivity contribution in [3.63, 3.8) is 0 Å². The van der Waals surface area contributed by atoms with Crippen molar-refractivity contribution in [3.8, 4) is 5.75 Å². The SMILES string of the molecule is CC(C)Oc1cccc(CNC(=O)C2CCN(S(=O)(=O)Cc3ccc(Cl)cc3)CC2)c1. The maximum absolute atomic E-state index is 12.7. The lowest BCUT2D eigenvalue weighted by Crippen LogP contribution is -2.43. The van der Waals surface area contributed by atoms with Crippen LogP contribution in [0.4, 0.5) is 0 Å². The zero-order chi connectivity index (χ0) is 22.4. The van der Waals surface area contributed by atoms with E-state index in [2.05, 4.69) is 5.32 Å². The third-order valence-electron chi connectivity index (χ3n) is 5.22. The van der Waals surface area contributed by atoms with Crippen molar-refractivity contribution in [2.45, 2.75) is 45.1 Å². The van der Waals surface area contributed by atoms with Crippen molar-refractivity contribution in [1.29, 1.82) is 0 Å². The van der Waals surface area contributed by atoms with E-state index >= 15 is 0 Å². The van der Waals surface area contributed by atoms with Crippen LogP contribution < -0.4 is 10.1 Å². The Morgan fingerprint density at radius 1 is 1.13 bits per heavy atom. The Morgan fingerprint density at radius 2 is 1.81 bits per heavy atom. The molecule has 0 saturated carbocycles. The van der Waals surface area contributed by atoms with Crippen molar-refractivity contribution in [2.24, 2.45) is 5.92 Å². The Morgan fingerprint density at radius 3 is 2.45 bits per heavy atom. The first-order valence-corrected chi connectivity index (χ1v) is 12.5. The summed E-state index contributed by atoms with van der Waals surface area (Å²) in [6.45, 7) is 5.06. The molecule has 1 aliphatic heterocycles. The fourth-order valence-corrected chi connectivity index (χ4v) is 5.30. The molecule has 168 valence electrons. The molecular weight excluding hydrogens is 436 g/mol. The normalized spacial score (nSPS) is 15.7. The van der Waals surface area contributed by atoms with E-state index in [9.17, 15) is 13.2 Å². The summed E-state index contributed by atoms with van der Waals surface area (Å²) in [6.07, 6.45) is 1.12. The lowest BCUT2D eigenvalue weighted by atomic mass is 9.97. The lowest BCUT2D eigenvalue weighted by molar-refractivity contribution is -0.126. The first-order valence-electron chi connectivity index (χ1n) is 10.5. The van der Waals surface area contributed by atoms with Gasteiger partial charge in [-0.25, -0.2) is 12.7 Å². The number of halogens is 1. The molecule has 0 radical (unpaired) electrons. The monoisotopic (exact) mass is 464 g/mol. The van der Waals surface area contributed by atoms with Crippen molar-refractivity contribution < 1.29 is 17.9 Å². The number of amides is 1. The molecule has 1 amide bonds. The van der Waals surface area contributed by atoms with Crippen LogP contribution in [0.1, 0.15) is 37.8 Å². The molecule has 31 heavy (non-hydrogen) atoms. The van der Waals surface area contributed by atoms with Crippen LogP contribution in [0.5, 0.6) is 5.75 Å². The average molecular weight is 465 g/mol. The summed E-state index contributed by atoms with van der Waals surface area (Å²) in [5.41, 5.74) is 1.67. The van der Waals surface area contributed by atoms with Gasteiger partial charge in [0, 0.05) is 30.6 Å². The summed E-state index contributed by atoms with van der Waals surface area (Å²) < 4.78 is 32.6. The Hall–Kier alpha value is -2.09. The number of hydrogen-bond acceptors (Lipinski definition) is 4. The fourth-order valence-electron chi connectivity index (χ4n) is 3.61. The highest BCUT2D eigenvalue weighted by molar-refractivity contribution is 7.88. The van der Waals surface area contributed by atoms with Gasteiger partial charge in [-0.3, -0.25) is 4.79 Å². The molecule has 8 heteroatoms. The van der Waals surface area contributed by atoms with Gasteiger partial charge in [0.25, 0.3) is 0 Å². The number of carbonyl (C=O) groups excluding carboxylic acids is 1. The van der Waals surface area contributed by atoms with Gasteiger partial charge in [0.15, 0.2) is 0 Å². The van der Waals surface area contributed by atoms with Crippen LogP contribution in [0.15, 0.2) is 48.5 Å². The number of benzene rings is 2. The van der Waals surface area contributed by atoms with Crippen LogP contribution in [-0.2, 0) is 27.1 Å². The van der Waals surface area contributed by atoms with Gasteiger partial charge in [0.2, 0.25) is 15.9 Å². The second kappa shape index (κ2) is 10.5. The predicted octanol–water partition coefficient (Wildman–Crippen LogP) is 3.99. The summed E-state index contributed by atoms with van der Waals surface area (Å²) in [7, 11) is -3.42. The number of hydrogen-bond donors (Lipinski definition) is 1. The second-order valence-corrected chi connectivity index (χ2v) is 10.5. The van der Waals surface area contributed by atoms with Gasteiger partial charge in [0.1, 0.15) is 5.75 Å². The first-order chi connectivity index (χ1) is 14.7. The standard InChI is InChI=1S/C23H29ClN2O4S/c1-17(2)30-22-5-3-4-19(14-22)15-25-23(27)20-10-12-26(13-11-20)31(28,29)16-18-6-8-21(24)9-7-18/h3-9,14,17,20H,10-13,15-16H2,1-2H3,(H,25,27). The van der Waals surface area contributed by atoms with Crippen molar-refractivity contribution in [3.05, 3.63) is 64.7 Å². The molecule has 3 rings (SSSR count). The average Bonchev–Trinajstić information content (AvgIpc) is 2.73. The van der Waals surface area contributed by atoms with Crippen LogP contribution in [0.2, 0.25) is 5.02 Å². The summed E-state index contributed by atoms with van der Waals surface area (Å²) >= 11 is 5.87. The van der Waals surface area contributed by atoms with Gasteiger partial charge in [-0.2, -0.15) is 0 Å². The van der Waals surface area contributed by atoms with E-state index in [0.717, 1.165) is 11.3 Å². The minimum atomic E-state index is -3.42. The minimum Gasteiger partial charge on any atom is -0.491 e. The lowest BCUT2D eigenvalue weighted by Gasteiger charge is -2.30. The Kier molecular flexibility index (Phi) is 7.97. The Bertz CT molecular complexity index is 985. The second-order valence-electron chi connectivity index (χ2n) is 8.09. The third-order valence-corrected chi connectivity index (χ3v) is 7.32. The summed E-state index contributed by atoms with van der Waals surface area (Å²) in [5.74, 6) is 0.499. The molecule has 0 atom stereocenters. The molecule has 0 aromatic heterocycles. The number of carbonyl (C=O) groups is 1. The zero-order valence-corrected chi connectivity index (χ0v) is 19.5. The van der Waals surface area contributed by atoms with Crippen LogP contribution in [-0.4, -0.2) is 37.8 Å². The van der Waals surface area contributed by atoms with E-state index in [-0.39, 0.29) is 23.7 Å². The number of sulfonamides is 1. The van der Waals surface area contributed by atoms with Crippen LogP contribution in [0.25, 0.3) is 0 Å². The van der Waals surface area contributed by atoms with E-state index in [0.29, 0.717) is 43.1 Å². The summed E-state index contributed by atoms with van der Waals surface area (Å²) in [4.78, 5) is 12.6. The number of rotatable bonds is 8. The van der Waals surface area contributed by atoms with E-state index in [1.165, 1.54) is 4.31 Å². The molecule has 6 nitrogen and oxygen atoms in total. The van der Waals surface area contributed by atoms with E-state index < -0.39 is 10.0 Å². The molecule has 0 spiro atoms. The maximum atomic E-state index is 12.7. The van der Waals surface area contributed by atoms with Crippen molar-refractivity contribution in [2.75, 3.05) is 13.1 Å². The smallest absolute Gasteiger partial charge is 0.223 e. The topological polar surface area (TPSA) is 75.7 Å². The van der Waals surface area contributed by atoms with Crippen LogP contribution >= 0.6 is 11.6 Å². The number of nitrogens with zero attached hydrogens (tertiary/aromatic N) is 1. The molecule has 1 fully saturated rings. The molecule has 0 bridgehead atoms. The Labute approximate surface area is 189 Å². The van der Waals surface area contributed by atoms with Crippen molar-refractivity contribution in [1.82, 2.24) is 9.62 Å². The molecule has 1 aliphatic rings. The molecule has 1 N–H and O–H groups in total. The predicted molar refractivity (Wildman–Crippen MR) is 122 cm³/mol. The summed E-state index contributed by atoms with van der Waals surface area (Å²) in [5, 5.41) is 3.55. The van der Waals surface area contributed by atoms with E-state index in [1.54, 1.807) is 24.3 Å². The highest BCUT2D eigenvalue weighted by Crippen LogP contribution is 2.23. The maximum Gasteiger partial charge on any atom is 0.223 e. The van der Waals surface area contributed by atoms with Gasteiger partial charge >= 0.3 is 0 Å². The molecular formula is C23H29ClN2O4S. The van der Waals surface area contributed by atoms with E-state index in [1.807, 2.05) is 38.1 Å². The van der Waals surface area contributed by atoms with Crippen LogP contribution in [0.3, 0.4) is 0 Å². The van der Waals surface area contributed by atoms with Gasteiger partial charge in [-0.05, 0) is 62.1 Å². The Balaban J connectivity index is 1.48. The minimum absolute atomic E-state index is 0.0371. The van der Waals surface area contributed by atoms with Gasteiger partial charge < -0.3 is 10.1 Å². The third kappa shape index (κ3) is 6.95. The molecule has 2 aromatic rings. The number of nitrogens with one attached hydrogen (secondary N) is 1. The fraction of sp³-hybridized carbons (Fsp3) is 0.435. The largest absolute Gasteiger partial charge is 0.491 e. The number of piperidine rings is 1. The molecule has 0 unspecified atom stereocenters. The van der Waals surface area contributed by atoms with Crippen LogP contribution in [0, 0.1) is 5.92 Å². The summed E-state index contributed by atoms with van der Waals surface area (Å²) in [6, 6.07) is 14.5. The highest BCUT2D eigenvalue weighted by Gasteiger charge is 2.31. The molecule has 1 heterocycles. The zero-order valence-electron chi connectivity index (χ0n) is 17.9.